The maximum atomic E-state index is 11.8. The van der Waals surface area contributed by atoms with E-state index in [4.69, 9.17) is 19.8 Å². The fourth-order valence-corrected chi connectivity index (χ4v) is 3.96. The van der Waals surface area contributed by atoms with E-state index < -0.39 is 17.5 Å². The Kier molecular flexibility index (Phi) is 10.5. The van der Waals surface area contributed by atoms with Crippen molar-refractivity contribution in [1.82, 2.24) is 5.32 Å². The van der Waals surface area contributed by atoms with Crippen molar-refractivity contribution < 1.29 is 24.9 Å². The first-order valence-electron chi connectivity index (χ1n) is 11.4. The summed E-state index contributed by atoms with van der Waals surface area (Å²) in [5, 5.41) is 30.1. The van der Waals surface area contributed by atoms with E-state index in [0.717, 1.165) is 37.1 Å². The number of benzene rings is 3. The maximum Gasteiger partial charge on any atom is 0.414 e. The lowest BCUT2D eigenvalue weighted by atomic mass is 9.77. The van der Waals surface area contributed by atoms with Crippen LogP contribution in [0.2, 0.25) is 0 Å². The summed E-state index contributed by atoms with van der Waals surface area (Å²) >= 11 is 0. The van der Waals surface area contributed by atoms with E-state index in [2.05, 4.69) is 43.4 Å². The van der Waals surface area contributed by atoms with Crippen LogP contribution < -0.4 is 5.32 Å². The molecule has 0 aliphatic rings. The van der Waals surface area contributed by atoms with Crippen LogP contribution in [0.25, 0.3) is 0 Å². The van der Waals surface area contributed by atoms with E-state index in [9.17, 15) is 5.11 Å². The van der Waals surface area contributed by atoms with Gasteiger partial charge in [-0.3, -0.25) is 0 Å². The normalized spacial score (nSPS) is 11.7. The minimum absolute atomic E-state index is 0.0266. The number of aliphatic hydroxyl groups is 1. The Balaban J connectivity index is 0.000000604. The van der Waals surface area contributed by atoms with Crippen molar-refractivity contribution >= 4 is 11.9 Å². The van der Waals surface area contributed by atoms with Crippen LogP contribution in [-0.4, -0.2) is 40.3 Å². The van der Waals surface area contributed by atoms with Gasteiger partial charge in [-0.05, 0) is 41.6 Å². The van der Waals surface area contributed by atoms with Gasteiger partial charge in [0.25, 0.3) is 0 Å². The number of carboxylic acids is 2. The van der Waals surface area contributed by atoms with Crippen LogP contribution in [0.4, 0.5) is 0 Å². The van der Waals surface area contributed by atoms with Crippen molar-refractivity contribution in [2.75, 3.05) is 13.1 Å². The zero-order chi connectivity index (χ0) is 25.0. The molecule has 4 N–H and O–H groups in total. The number of aryl methyl sites for hydroxylation is 1. The summed E-state index contributed by atoms with van der Waals surface area (Å²) < 4.78 is 0. The van der Waals surface area contributed by atoms with Gasteiger partial charge in [0.2, 0.25) is 0 Å². The quantitative estimate of drug-likeness (QED) is 0.281. The number of hydrogen-bond donors (Lipinski definition) is 4. The minimum Gasteiger partial charge on any atom is -0.473 e. The van der Waals surface area contributed by atoms with Gasteiger partial charge in [-0.2, -0.15) is 0 Å². The Bertz CT molecular complexity index is 985. The van der Waals surface area contributed by atoms with Gasteiger partial charge in [0, 0.05) is 12.5 Å². The number of aliphatic carboxylic acids is 2. The smallest absolute Gasteiger partial charge is 0.414 e. The molecule has 0 saturated heterocycles. The van der Waals surface area contributed by atoms with Crippen LogP contribution in [0.15, 0.2) is 84.9 Å². The summed E-state index contributed by atoms with van der Waals surface area (Å²) in [5.41, 5.74) is 3.68. The zero-order valence-corrected chi connectivity index (χ0v) is 19.6. The van der Waals surface area contributed by atoms with Crippen molar-refractivity contribution in [3.8, 4) is 0 Å². The van der Waals surface area contributed by atoms with Crippen molar-refractivity contribution in [3.05, 3.63) is 107 Å². The minimum atomic E-state index is -1.82. The Morgan fingerprint density at radius 2 is 1.24 bits per heavy atom. The molecule has 0 aliphatic carbocycles. The van der Waals surface area contributed by atoms with Crippen LogP contribution in [0, 0.1) is 5.92 Å². The molecule has 0 saturated carbocycles. The third-order valence-electron chi connectivity index (χ3n) is 5.84. The lowest BCUT2D eigenvalue weighted by molar-refractivity contribution is -0.159. The average molecular weight is 464 g/mol. The summed E-state index contributed by atoms with van der Waals surface area (Å²) in [6.07, 6.45) is 2.07. The summed E-state index contributed by atoms with van der Waals surface area (Å²) in [6.45, 7) is 5.97. The Labute approximate surface area is 200 Å². The highest BCUT2D eigenvalue weighted by Gasteiger charge is 2.37. The summed E-state index contributed by atoms with van der Waals surface area (Å²) in [6, 6.07) is 28.6. The average Bonchev–Trinajstić information content (AvgIpc) is 2.87. The molecule has 0 fully saturated rings. The molecule has 0 heterocycles. The number of rotatable bonds is 9. The first-order valence-corrected chi connectivity index (χ1v) is 11.4. The zero-order valence-electron chi connectivity index (χ0n) is 19.6. The van der Waals surface area contributed by atoms with Crippen LogP contribution in [0.5, 0.6) is 0 Å². The summed E-state index contributed by atoms with van der Waals surface area (Å²) in [4.78, 5) is 18.2. The molecule has 3 aromatic rings. The third-order valence-corrected chi connectivity index (χ3v) is 5.84. The van der Waals surface area contributed by atoms with Crippen molar-refractivity contribution in [2.45, 2.75) is 32.3 Å². The van der Waals surface area contributed by atoms with Crippen LogP contribution in [0.1, 0.15) is 36.1 Å². The van der Waals surface area contributed by atoms with Crippen molar-refractivity contribution in [1.29, 1.82) is 0 Å². The van der Waals surface area contributed by atoms with E-state index in [1.165, 1.54) is 11.1 Å². The van der Waals surface area contributed by atoms with Gasteiger partial charge < -0.3 is 20.6 Å². The molecule has 0 spiro atoms. The standard InChI is InChI=1S/C26H31NO.C2H2O4/c1-3-22-12-10-11-13-23(22)18-19-27-20-21(2)26(28,24-14-6-4-7-15-24)25-16-8-5-9-17-25;3-1(4)2(5)6/h4-17,21,27-28H,3,18-20H2,1-2H3;(H,3,4)(H,5,6). The highest BCUT2D eigenvalue weighted by molar-refractivity contribution is 6.27. The second-order valence-corrected chi connectivity index (χ2v) is 8.09. The van der Waals surface area contributed by atoms with Crippen LogP contribution >= 0.6 is 0 Å². The fourth-order valence-electron chi connectivity index (χ4n) is 3.96. The SMILES string of the molecule is CCc1ccccc1CCNCC(C)C(O)(c1ccccc1)c1ccccc1.O=C(O)C(=O)O. The number of carbonyl (C=O) groups is 2. The Hall–Kier alpha value is -3.48. The van der Waals surface area contributed by atoms with Gasteiger partial charge >= 0.3 is 11.9 Å². The maximum absolute atomic E-state index is 11.8. The molecular formula is C28H33NO5. The van der Waals surface area contributed by atoms with Crippen LogP contribution in [0.3, 0.4) is 0 Å². The lowest BCUT2D eigenvalue weighted by Crippen LogP contribution is -2.40. The third kappa shape index (κ3) is 7.27. The monoisotopic (exact) mass is 463 g/mol. The topological polar surface area (TPSA) is 107 Å². The van der Waals surface area contributed by atoms with Gasteiger partial charge in [-0.25, -0.2) is 9.59 Å². The molecule has 0 aromatic heterocycles. The predicted octanol–water partition coefficient (Wildman–Crippen LogP) is 4.11. The van der Waals surface area contributed by atoms with Crippen molar-refractivity contribution in [2.24, 2.45) is 5.92 Å². The highest BCUT2D eigenvalue weighted by Crippen LogP contribution is 2.36. The van der Waals surface area contributed by atoms with E-state index in [1.807, 2.05) is 60.7 Å². The van der Waals surface area contributed by atoms with E-state index in [1.54, 1.807) is 0 Å². The second kappa shape index (κ2) is 13.3. The molecule has 180 valence electrons. The van der Waals surface area contributed by atoms with E-state index in [0.29, 0.717) is 0 Å². The molecule has 3 rings (SSSR count). The predicted molar refractivity (Wildman–Crippen MR) is 133 cm³/mol. The number of carboxylic acid groups (broad SMARTS) is 2. The molecule has 6 nitrogen and oxygen atoms in total. The molecule has 0 bridgehead atoms. The highest BCUT2D eigenvalue weighted by atomic mass is 16.4. The van der Waals surface area contributed by atoms with Gasteiger partial charge in [-0.1, -0.05) is 98.8 Å². The van der Waals surface area contributed by atoms with Gasteiger partial charge in [0.1, 0.15) is 5.60 Å². The Morgan fingerprint density at radius 1 is 0.794 bits per heavy atom. The first-order chi connectivity index (χ1) is 16.3. The summed E-state index contributed by atoms with van der Waals surface area (Å²) in [5.74, 6) is -3.62. The molecule has 6 heteroatoms. The number of nitrogens with one attached hydrogen (secondary N) is 1. The van der Waals surface area contributed by atoms with Crippen LogP contribution in [-0.2, 0) is 28.0 Å². The molecular weight excluding hydrogens is 430 g/mol. The van der Waals surface area contributed by atoms with Gasteiger partial charge in [-0.15, -0.1) is 0 Å². The molecule has 1 unspecified atom stereocenters. The van der Waals surface area contributed by atoms with E-state index >= 15 is 0 Å². The fraction of sp³-hybridized carbons (Fsp3) is 0.286. The molecule has 1 atom stereocenters. The molecule has 34 heavy (non-hydrogen) atoms. The second-order valence-electron chi connectivity index (χ2n) is 8.09. The molecule has 0 aliphatic heterocycles. The van der Waals surface area contributed by atoms with Crippen molar-refractivity contribution in [3.63, 3.8) is 0 Å². The lowest BCUT2D eigenvalue weighted by Gasteiger charge is -2.35. The van der Waals surface area contributed by atoms with Gasteiger partial charge in [0.15, 0.2) is 0 Å². The molecule has 0 amide bonds. The number of hydrogen-bond acceptors (Lipinski definition) is 4. The molecule has 0 radical (unpaired) electrons. The van der Waals surface area contributed by atoms with Gasteiger partial charge in [0.05, 0.1) is 0 Å². The molecule has 3 aromatic carbocycles. The van der Waals surface area contributed by atoms with E-state index in [-0.39, 0.29) is 5.92 Å². The Morgan fingerprint density at radius 3 is 1.68 bits per heavy atom. The largest absolute Gasteiger partial charge is 0.473 e. The summed E-state index contributed by atoms with van der Waals surface area (Å²) in [7, 11) is 0. The first kappa shape index (κ1) is 26.8.